The van der Waals surface area contributed by atoms with Crippen LogP contribution in [-0.4, -0.2) is 39.4 Å². The zero-order chi connectivity index (χ0) is 23.5. The minimum atomic E-state index is -0.298. The van der Waals surface area contributed by atoms with Gasteiger partial charge in [0.2, 0.25) is 5.91 Å². The van der Waals surface area contributed by atoms with Crippen LogP contribution in [0.4, 0.5) is 4.39 Å². The average Bonchev–Trinajstić information content (AvgIpc) is 3.32. The smallest absolute Gasteiger partial charge is 0.274 e. The number of benzene rings is 2. The van der Waals surface area contributed by atoms with Crippen molar-refractivity contribution < 1.29 is 18.7 Å². The molecule has 0 radical (unpaired) electrons. The second kappa shape index (κ2) is 9.77. The third-order valence-electron chi connectivity index (χ3n) is 6.64. The molecule has 1 aromatic heterocycles. The van der Waals surface area contributed by atoms with Crippen molar-refractivity contribution in [1.82, 2.24) is 19.8 Å². The van der Waals surface area contributed by atoms with E-state index in [4.69, 9.17) is 4.74 Å². The second-order valence-electron chi connectivity index (χ2n) is 8.81. The Morgan fingerprint density at radius 1 is 1.06 bits per heavy atom. The molecule has 3 heterocycles. The molecule has 3 aromatic rings. The van der Waals surface area contributed by atoms with Crippen molar-refractivity contribution in [3.8, 4) is 0 Å². The summed E-state index contributed by atoms with van der Waals surface area (Å²) in [6.07, 6.45) is 2.86. The van der Waals surface area contributed by atoms with Crippen molar-refractivity contribution in [3.63, 3.8) is 0 Å². The van der Waals surface area contributed by atoms with E-state index in [0.717, 1.165) is 16.8 Å². The highest BCUT2D eigenvalue weighted by Gasteiger charge is 2.32. The molecule has 2 amide bonds. The number of hydrogen-bond donors (Lipinski definition) is 1. The minimum Gasteiger partial charge on any atom is -0.365 e. The molecule has 2 aliphatic rings. The summed E-state index contributed by atoms with van der Waals surface area (Å²) in [5.41, 5.74) is 3.19. The Kier molecular flexibility index (Phi) is 6.40. The van der Waals surface area contributed by atoms with Gasteiger partial charge in [-0.3, -0.25) is 9.59 Å². The summed E-state index contributed by atoms with van der Waals surface area (Å²) in [6, 6.07) is 16.1. The zero-order valence-corrected chi connectivity index (χ0v) is 18.8. The summed E-state index contributed by atoms with van der Waals surface area (Å²) >= 11 is 0. The molecule has 0 unspecified atom stereocenters. The Morgan fingerprint density at radius 3 is 2.53 bits per heavy atom. The van der Waals surface area contributed by atoms with Gasteiger partial charge in [-0.05, 0) is 36.1 Å². The maximum Gasteiger partial charge on any atom is 0.274 e. The molecule has 1 fully saturated rings. The number of carbonyl (C=O) groups is 2. The van der Waals surface area contributed by atoms with Crippen LogP contribution < -0.4 is 5.32 Å². The van der Waals surface area contributed by atoms with E-state index in [2.05, 4.69) is 10.3 Å². The molecular formula is C26H27FN4O3. The molecular weight excluding hydrogens is 435 g/mol. The van der Waals surface area contributed by atoms with Gasteiger partial charge in [0, 0.05) is 25.6 Å². The number of amides is 2. The largest absolute Gasteiger partial charge is 0.365 e. The lowest BCUT2D eigenvalue weighted by Gasteiger charge is -2.31. The van der Waals surface area contributed by atoms with E-state index in [9.17, 15) is 14.0 Å². The molecule has 5 rings (SSSR count). The summed E-state index contributed by atoms with van der Waals surface area (Å²) in [7, 11) is 0. The van der Waals surface area contributed by atoms with Crippen molar-refractivity contribution in [3.05, 3.63) is 89.3 Å². The van der Waals surface area contributed by atoms with Crippen molar-refractivity contribution in [1.29, 1.82) is 0 Å². The summed E-state index contributed by atoms with van der Waals surface area (Å²) in [6.45, 7) is 2.34. The number of nitrogens with one attached hydrogen (secondary N) is 1. The molecule has 0 aliphatic carbocycles. The number of imidazole rings is 1. The fourth-order valence-corrected chi connectivity index (χ4v) is 4.61. The van der Waals surface area contributed by atoms with Crippen LogP contribution in [0.25, 0.3) is 0 Å². The Labute approximate surface area is 197 Å². The Balaban J connectivity index is 1.15. The van der Waals surface area contributed by atoms with E-state index >= 15 is 0 Å². The minimum absolute atomic E-state index is 0.0313. The number of likely N-dealkylation sites (tertiary alicyclic amines) is 1. The monoisotopic (exact) mass is 462 g/mol. The number of piperidine rings is 1. The van der Waals surface area contributed by atoms with Gasteiger partial charge in [0.15, 0.2) is 5.69 Å². The van der Waals surface area contributed by atoms with E-state index in [-0.39, 0.29) is 29.7 Å². The van der Waals surface area contributed by atoms with Gasteiger partial charge in [0.1, 0.15) is 11.9 Å². The van der Waals surface area contributed by atoms with Gasteiger partial charge in [-0.15, -0.1) is 0 Å². The standard InChI is InChI=1S/C26H27FN4O3/c27-21-8-6-18(7-9-21)14-28-25(32)20-10-12-30(13-11-20)26(33)24-22-16-34-23(15-31(22)17-29-24)19-4-2-1-3-5-19/h1-9,17,20,23H,10-16H2,(H,28,32)/t23-/m0/s1. The topological polar surface area (TPSA) is 76.5 Å². The van der Waals surface area contributed by atoms with Crippen LogP contribution in [0, 0.1) is 11.7 Å². The molecule has 7 nitrogen and oxygen atoms in total. The third-order valence-corrected chi connectivity index (χ3v) is 6.64. The summed E-state index contributed by atoms with van der Waals surface area (Å²) in [5, 5.41) is 2.92. The number of carbonyl (C=O) groups excluding carboxylic acids is 2. The molecule has 0 bridgehead atoms. The number of nitrogens with zero attached hydrogens (tertiary/aromatic N) is 3. The van der Waals surface area contributed by atoms with Crippen LogP contribution in [0.1, 0.15) is 46.3 Å². The maximum absolute atomic E-state index is 13.2. The van der Waals surface area contributed by atoms with Gasteiger partial charge >= 0.3 is 0 Å². The SMILES string of the molecule is O=C(NCc1ccc(F)cc1)C1CCN(C(=O)c2ncn3c2CO[C@H](c2ccccc2)C3)CC1. The zero-order valence-electron chi connectivity index (χ0n) is 18.8. The predicted molar refractivity (Wildman–Crippen MR) is 123 cm³/mol. The first-order valence-electron chi connectivity index (χ1n) is 11.6. The lowest BCUT2D eigenvalue weighted by atomic mass is 9.95. The second-order valence-corrected chi connectivity index (χ2v) is 8.81. The summed E-state index contributed by atoms with van der Waals surface area (Å²) in [5.74, 6) is -0.583. The van der Waals surface area contributed by atoms with Gasteiger partial charge in [0.25, 0.3) is 5.91 Å². The Hall–Kier alpha value is -3.52. The van der Waals surface area contributed by atoms with Crippen molar-refractivity contribution >= 4 is 11.8 Å². The molecule has 0 saturated carbocycles. The predicted octanol–water partition coefficient (Wildman–Crippen LogP) is 3.46. The first-order valence-corrected chi connectivity index (χ1v) is 11.6. The van der Waals surface area contributed by atoms with Gasteiger partial charge in [0.05, 0.1) is 25.2 Å². The highest BCUT2D eigenvalue weighted by atomic mass is 19.1. The van der Waals surface area contributed by atoms with Gasteiger partial charge in [-0.2, -0.15) is 0 Å². The molecule has 1 saturated heterocycles. The van der Waals surface area contributed by atoms with Crippen LogP contribution in [0.5, 0.6) is 0 Å². The Morgan fingerprint density at radius 2 is 1.79 bits per heavy atom. The van der Waals surface area contributed by atoms with Crippen LogP contribution >= 0.6 is 0 Å². The quantitative estimate of drug-likeness (QED) is 0.630. The number of ether oxygens (including phenoxy) is 1. The lowest BCUT2D eigenvalue weighted by Crippen LogP contribution is -2.43. The molecule has 34 heavy (non-hydrogen) atoms. The first-order chi connectivity index (χ1) is 16.6. The normalized spacial score (nSPS) is 18.4. The number of hydrogen-bond acceptors (Lipinski definition) is 4. The molecule has 1 N–H and O–H groups in total. The van der Waals surface area contributed by atoms with Gasteiger partial charge in [-0.1, -0.05) is 42.5 Å². The molecule has 2 aliphatic heterocycles. The van der Waals surface area contributed by atoms with Crippen LogP contribution in [0.15, 0.2) is 60.9 Å². The number of halogens is 1. The fourth-order valence-electron chi connectivity index (χ4n) is 4.61. The highest BCUT2D eigenvalue weighted by Crippen LogP contribution is 2.28. The van der Waals surface area contributed by atoms with Crippen LogP contribution in [0.2, 0.25) is 0 Å². The molecule has 8 heteroatoms. The van der Waals surface area contributed by atoms with Crippen LogP contribution in [-0.2, 0) is 29.2 Å². The number of fused-ring (bicyclic) bond motifs is 1. The summed E-state index contributed by atoms with van der Waals surface area (Å²) in [4.78, 5) is 31.9. The Bertz CT molecular complexity index is 1150. The van der Waals surface area contributed by atoms with E-state index < -0.39 is 0 Å². The maximum atomic E-state index is 13.2. The van der Waals surface area contributed by atoms with Gasteiger partial charge in [-0.25, -0.2) is 9.37 Å². The van der Waals surface area contributed by atoms with E-state index in [0.29, 0.717) is 51.3 Å². The molecule has 2 aromatic carbocycles. The average molecular weight is 463 g/mol. The highest BCUT2D eigenvalue weighted by molar-refractivity contribution is 5.93. The fraction of sp³-hybridized carbons (Fsp3) is 0.346. The lowest BCUT2D eigenvalue weighted by molar-refractivity contribution is -0.126. The number of aromatic nitrogens is 2. The van der Waals surface area contributed by atoms with Crippen molar-refractivity contribution in [2.75, 3.05) is 13.1 Å². The number of rotatable bonds is 5. The van der Waals surface area contributed by atoms with Crippen LogP contribution in [0.3, 0.4) is 0 Å². The third kappa shape index (κ3) is 4.72. The van der Waals surface area contributed by atoms with E-state index in [1.54, 1.807) is 23.4 Å². The first kappa shape index (κ1) is 22.3. The van der Waals surface area contributed by atoms with E-state index in [1.165, 1.54) is 12.1 Å². The molecule has 0 spiro atoms. The summed E-state index contributed by atoms with van der Waals surface area (Å²) < 4.78 is 21.1. The molecule has 1 atom stereocenters. The molecule has 176 valence electrons. The van der Waals surface area contributed by atoms with Gasteiger partial charge < -0.3 is 19.5 Å². The van der Waals surface area contributed by atoms with E-state index in [1.807, 2.05) is 34.9 Å². The van der Waals surface area contributed by atoms with Crippen molar-refractivity contribution in [2.45, 2.75) is 38.6 Å². The van der Waals surface area contributed by atoms with Crippen molar-refractivity contribution in [2.24, 2.45) is 5.92 Å².